The first-order chi connectivity index (χ1) is 12.4. The Balaban J connectivity index is 2.28. The number of hydrogen-bond acceptors (Lipinski definition) is 6. The lowest BCUT2D eigenvalue weighted by atomic mass is 10.1. The van der Waals surface area contributed by atoms with Crippen molar-refractivity contribution in [1.82, 2.24) is 4.72 Å². The Morgan fingerprint density at radius 2 is 1.65 bits per heavy atom. The second-order valence-electron chi connectivity index (χ2n) is 5.23. The molecule has 138 valence electrons. The number of rotatable bonds is 7. The zero-order chi connectivity index (χ0) is 19.2. The van der Waals surface area contributed by atoms with Gasteiger partial charge in [0.05, 0.1) is 24.2 Å². The molecular weight excluding hydrogens is 358 g/mol. The highest BCUT2D eigenvalue weighted by molar-refractivity contribution is 7.89. The molecule has 0 saturated carbocycles. The molecule has 0 amide bonds. The highest BCUT2D eigenvalue weighted by atomic mass is 32.2. The first-order valence-electron chi connectivity index (χ1n) is 7.81. The molecule has 7 nitrogen and oxygen atoms in total. The van der Waals surface area contributed by atoms with Gasteiger partial charge in [0, 0.05) is 0 Å². The molecule has 0 radical (unpaired) electrons. The predicted molar refractivity (Wildman–Crippen MR) is 93.9 cm³/mol. The van der Waals surface area contributed by atoms with Crippen molar-refractivity contribution in [3.63, 3.8) is 0 Å². The fourth-order valence-corrected chi connectivity index (χ4v) is 3.40. The van der Waals surface area contributed by atoms with Crippen molar-refractivity contribution in [3.05, 3.63) is 65.7 Å². The van der Waals surface area contributed by atoms with Crippen molar-refractivity contribution < 1.29 is 27.5 Å². The number of benzene rings is 2. The Hall–Kier alpha value is -2.71. The van der Waals surface area contributed by atoms with E-state index in [2.05, 4.69) is 4.72 Å². The first-order valence-corrected chi connectivity index (χ1v) is 9.29. The first kappa shape index (κ1) is 19.6. The van der Waals surface area contributed by atoms with E-state index in [9.17, 15) is 18.0 Å². The fraction of sp³-hybridized carbons (Fsp3) is 0.222. The largest absolute Gasteiger partial charge is 0.468 e. The Morgan fingerprint density at radius 1 is 1.04 bits per heavy atom. The van der Waals surface area contributed by atoms with Crippen molar-refractivity contribution in [2.24, 2.45) is 0 Å². The third-order valence-electron chi connectivity index (χ3n) is 3.52. The molecule has 0 spiro atoms. The molecule has 0 aliphatic rings. The molecule has 0 aliphatic heterocycles. The minimum atomic E-state index is -4.02. The monoisotopic (exact) mass is 377 g/mol. The van der Waals surface area contributed by atoms with Crippen LogP contribution in [0.15, 0.2) is 59.5 Å². The highest BCUT2D eigenvalue weighted by Gasteiger charge is 2.28. The van der Waals surface area contributed by atoms with E-state index in [0.29, 0.717) is 5.56 Å². The third-order valence-corrected chi connectivity index (χ3v) is 4.96. The smallest absolute Gasteiger partial charge is 0.338 e. The maximum Gasteiger partial charge on any atom is 0.338 e. The van der Waals surface area contributed by atoms with Gasteiger partial charge in [-0.2, -0.15) is 4.72 Å². The van der Waals surface area contributed by atoms with Gasteiger partial charge in [-0.15, -0.1) is 0 Å². The van der Waals surface area contributed by atoms with E-state index in [4.69, 9.17) is 9.47 Å². The maximum atomic E-state index is 12.6. The summed E-state index contributed by atoms with van der Waals surface area (Å²) in [5, 5.41) is 0. The van der Waals surface area contributed by atoms with E-state index < -0.39 is 28.0 Å². The van der Waals surface area contributed by atoms with Crippen LogP contribution in [0.5, 0.6) is 0 Å². The molecule has 2 aromatic rings. The molecular formula is C18H19NO6S. The molecule has 0 heterocycles. The number of methoxy groups -OCH3 is 1. The molecule has 1 N–H and O–H groups in total. The normalized spacial score (nSPS) is 12.2. The van der Waals surface area contributed by atoms with Gasteiger partial charge in [-0.1, -0.05) is 30.3 Å². The molecule has 8 heteroatoms. The second kappa shape index (κ2) is 8.59. The van der Waals surface area contributed by atoms with Crippen molar-refractivity contribution in [1.29, 1.82) is 0 Å². The number of esters is 2. The van der Waals surface area contributed by atoms with Crippen molar-refractivity contribution >= 4 is 22.0 Å². The van der Waals surface area contributed by atoms with E-state index in [1.807, 2.05) is 0 Å². The molecule has 1 atom stereocenters. The third kappa shape index (κ3) is 4.68. The summed E-state index contributed by atoms with van der Waals surface area (Å²) in [7, 11) is -2.84. The topological polar surface area (TPSA) is 98.8 Å². The average molecular weight is 377 g/mol. The predicted octanol–water partition coefficient (Wildman–Crippen LogP) is 2.06. The number of hydrogen-bond donors (Lipinski definition) is 1. The molecule has 2 rings (SSSR count). The van der Waals surface area contributed by atoms with Gasteiger partial charge in [0.15, 0.2) is 0 Å². The van der Waals surface area contributed by atoms with Crippen molar-refractivity contribution in [2.45, 2.75) is 17.9 Å². The Labute approximate surface area is 152 Å². The number of carbonyl (C=O) groups is 2. The Kier molecular flexibility index (Phi) is 6.48. The number of nitrogens with one attached hydrogen (secondary N) is 1. The van der Waals surface area contributed by atoms with E-state index in [1.165, 1.54) is 31.4 Å². The van der Waals surface area contributed by atoms with E-state index in [1.54, 1.807) is 37.3 Å². The quantitative estimate of drug-likeness (QED) is 0.742. The van der Waals surface area contributed by atoms with Crippen LogP contribution in [-0.2, 0) is 24.3 Å². The molecule has 0 fully saturated rings. The van der Waals surface area contributed by atoms with Crippen LogP contribution in [0, 0.1) is 0 Å². The molecule has 1 unspecified atom stereocenters. The zero-order valence-electron chi connectivity index (χ0n) is 14.3. The zero-order valence-corrected chi connectivity index (χ0v) is 15.2. The molecule has 26 heavy (non-hydrogen) atoms. The van der Waals surface area contributed by atoms with E-state index in [0.717, 1.165) is 0 Å². The Morgan fingerprint density at radius 3 is 2.19 bits per heavy atom. The minimum absolute atomic E-state index is 0.0876. The van der Waals surface area contributed by atoms with Crippen LogP contribution in [0.3, 0.4) is 0 Å². The van der Waals surface area contributed by atoms with Gasteiger partial charge in [0.2, 0.25) is 10.0 Å². The summed E-state index contributed by atoms with van der Waals surface area (Å²) in [5.41, 5.74) is 0.685. The lowest BCUT2D eigenvalue weighted by Crippen LogP contribution is -2.34. The van der Waals surface area contributed by atoms with Gasteiger partial charge >= 0.3 is 11.9 Å². The summed E-state index contributed by atoms with van der Waals surface area (Å²) in [6.07, 6.45) is 0. The maximum absolute atomic E-state index is 12.6. The fourth-order valence-electron chi connectivity index (χ4n) is 2.22. The SMILES string of the molecule is CCOC(=O)c1ccc(S(=O)(=O)NC(C(=O)OC)c2ccccc2)cc1. The van der Waals surface area contributed by atoms with E-state index in [-0.39, 0.29) is 17.1 Å². The van der Waals surface area contributed by atoms with Gasteiger partial charge < -0.3 is 9.47 Å². The van der Waals surface area contributed by atoms with Crippen LogP contribution in [0.4, 0.5) is 0 Å². The molecule has 2 aromatic carbocycles. The summed E-state index contributed by atoms with van der Waals surface area (Å²) < 4.78 is 37.1. The van der Waals surface area contributed by atoms with Gasteiger partial charge in [0.25, 0.3) is 0 Å². The van der Waals surface area contributed by atoms with Crippen LogP contribution < -0.4 is 4.72 Å². The number of carbonyl (C=O) groups excluding carboxylic acids is 2. The molecule has 0 aliphatic carbocycles. The van der Waals surface area contributed by atoms with Crippen LogP contribution in [0.2, 0.25) is 0 Å². The number of ether oxygens (including phenoxy) is 2. The minimum Gasteiger partial charge on any atom is -0.468 e. The van der Waals surface area contributed by atoms with Crippen LogP contribution in [0.1, 0.15) is 28.9 Å². The molecule has 0 aromatic heterocycles. The standard InChI is InChI=1S/C18H19NO6S/c1-3-25-17(20)14-9-11-15(12-10-14)26(22,23)19-16(18(21)24-2)13-7-5-4-6-8-13/h4-12,16,19H,3H2,1-2H3. The summed E-state index contributed by atoms with van der Waals surface area (Å²) in [4.78, 5) is 23.6. The Bertz CT molecular complexity index is 862. The molecule has 0 saturated heterocycles. The number of sulfonamides is 1. The summed E-state index contributed by atoms with van der Waals surface area (Å²) >= 11 is 0. The van der Waals surface area contributed by atoms with Crippen molar-refractivity contribution in [2.75, 3.05) is 13.7 Å². The van der Waals surface area contributed by atoms with Gasteiger partial charge in [-0.05, 0) is 36.8 Å². The average Bonchev–Trinajstić information content (AvgIpc) is 2.66. The van der Waals surface area contributed by atoms with Gasteiger partial charge in [-0.25, -0.2) is 18.0 Å². The summed E-state index contributed by atoms with van der Waals surface area (Å²) in [5.74, 6) is -1.27. The molecule has 0 bridgehead atoms. The second-order valence-corrected chi connectivity index (χ2v) is 6.95. The highest BCUT2D eigenvalue weighted by Crippen LogP contribution is 2.19. The lowest BCUT2D eigenvalue weighted by Gasteiger charge is -2.17. The van der Waals surface area contributed by atoms with Gasteiger partial charge in [-0.3, -0.25) is 0 Å². The van der Waals surface area contributed by atoms with Crippen molar-refractivity contribution in [3.8, 4) is 0 Å². The van der Waals surface area contributed by atoms with Crippen LogP contribution in [-0.4, -0.2) is 34.1 Å². The van der Waals surface area contributed by atoms with Crippen LogP contribution in [0.25, 0.3) is 0 Å². The van der Waals surface area contributed by atoms with E-state index >= 15 is 0 Å². The summed E-state index contributed by atoms with van der Waals surface area (Å²) in [6.45, 7) is 1.90. The van der Waals surface area contributed by atoms with Gasteiger partial charge in [0.1, 0.15) is 6.04 Å². The van der Waals surface area contributed by atoms with Crippen LogP contribution >= 0.6 is 0 Å². The summed E-state index contributed by atoms with van der Waals surface area (Å²) in [6, 6.07) is 12.4. The lowest BCUT2D eigenvalue weighted by molar-refractivity contribution is -0.142.